The van der Waals surface area contributed by atoms with E-state index in [0.717, 1.165) is 5.57 Å². The molecule has 0 saturated carbocycles. The van der Waals surface area contributed by atoms with Gasteiger partial charge in [-0.1, -0.05) is 50.3 Å². The number of benzene rings is 1. The van der Waals surface area contributed by atoms with Gasteiger partial charge in [0.05, 0.1) is 0 Å². The maximum atomic E-state index is 11.1. The molecule has 2 nitrogen and oxygen atoms in total. The van der Waals surface area contributed by atoms with E-state index in [2.05, 4.69) is 62.2 Å². The fraction of sp³-hybridized carbons (Fsp3) is 0.211. The molecular formula is C19H19NO. The number of carbonyl (C=O) groups excluding carboxylic acids is 1. The highest BCUT2D eigenvalue weighted by Gasteiger charge is 2.37. The monoisotopic (exact) mass is 277 g/mol. The third kappa shape index (κ3) is 2.27. The normalized spacial score (nSPS) is 21.1. The summed E-state index contributed by atoms with van der Waals surface area (Å²) in [6.45, 7) is 4.49. The largest absolute Gasteiger partial charge is 0.347 e. The minimum Gasteiger partial charge on any atom is -0.347 e. The summed E-state index contributed by atoms with van der Waals surface area (Å²) in [5.74, 6) is 0.0468. The number of ketones is 1. The number of rotatable bonds is 1. The number of fused-ring (bicyclic) bond motifs is 1. The third-order valence-electron chi connectivity index (χ3n) is 4.25. The van der Waals surface area contributed by atoms with Crippen LogP contribution in [0.2, 0.25) is 0 Å². The second kappa shape index (κ2) is 4.88. The molecule has 2 aliphatic rings. The van der Waals surface area contributed by atoms with Gasteiger partial charge in [-0.15, -0.1) is 0 Å². The first kappa shape index (κ1) is 13.6. The lowest BCUT2D eigenvalue weighted by Crippen LogP contribution is -2.22. The van der Waals surface area contributed by atoms with Crippen molar-refractivity contribution in [2.24, 2.45) is 0 Å². The predicted molar refractivity (Wildman–Crippen MR) is 87.3 cm³/mol. The minimum absolute atomic E-state index is 0.0136. The number of anilines is 1. The lowest BCUT2D eigenvalue weighted by Gasteiger charge is -2.23. The molecule has 0 unspecified atom stereocenters. The number of likely N-dealkylation sites (N-methyl/N-ethyl adjacent to an activating group) is 1. The number of allylic oxidation sites excluding steroid dienone is 8. The fourth-order valence-electron chi connectivity index (χ4n) is 3.06. The molecule has 0 atom stereocenters. The average Bonchev–Trinajstić information content (AvgIpc) is 2.67. The van der Waals surface area contributed by atoms with E-state index in [9.17, 15) is 4.79 Å². The van der Waals surface area contributed by atoms with Crippen molar-refractivity contribution in [3.05, 3.63) is 77.6 Å². The maximum Gasteiger partial charge on any atom is 0.178 e. The fourth-order valence-corrected chi connectivity index (χ4v) is 3.06. The Morgan fingerprint density at radius 2 is 1.67 bits per heavy atom. The molecule has 0 aromatic heterocycles. The molecule has 1 aromatic carbocycles. The van der Waals surface area contributed by atoms with Crippen molar-refractivity contribution in [2.45, 2.75) is 19.3 Å². The van der Waals surface area contributed by atoms with Crippen molar-refractivity contribution >= 4 is 11.5 Å². The van der Waals surface area contributed by atoms with Crippen molar-refractivity contribution < 1.29 is 4.79 Å². The zero-order valence-electron chi connectivity index (χ0n) is 12.6. The summed E-state index contributed by atoms with van der Waals surface area (Å²) in [5, 5.41) is 0. The molecule has 1 heterocycles. The Bertz CT molecular complexity index is 699. The predicted octanol–water partition coefficient (Wildman–Crippen LogP) is 3.92. The van der Waals surface area contributed by atoms with Crippen LogP contribution < -0.4 is 4.90 Å². The van der Waals surface area contributed by atoms with E-state index < -0.39 is 0 Å². The summed E-state index contributed by atoms with van der Waals surface area (Å²) in [6.07, 6.45) is 11.1. The number of nitrogens with zero attached hydrogens (tertiary/aromatic N) is 1. The summed E-state index contributed by atoms with van der Waals surface area (Å²) in [7, 11) is 2.11. The first-order valence-electron chi connectivity index (χ1n) is 7.16. The summed E-state index contributed by atoms with van der Waals surface area (Å²) in [6, 6.07) is 8.52. The molecule has 106 valence electrons. The molecule has 1 aliphatic heterocycles. The van der Waals surface area contributed by atoms with Gasteiger partial charge >= 0.3 is 0 Å². The van der Waals surface area contributed by atoms with Crippen molar-refractivity contribution in [1.29, 1.82) is 0 Å². The molecule has 0 fully saturated rings. The Balaban J connectivity index is 1.99. The average molecular weight is 277 g/mol. The van der Waals surface area contributed by atoms with Gasteiger partial charge in [0.1, 0.15) is 0 Å². The van der Waals surface area contributed by atoms with Crippen LogP contribution in [0.5, 0.6) is 0 Å². The van der Waals surface area contributed by atoms with Gasteiger partial charge in [0.15, 0.2) is 5.78 Å². The lowest BCUT2D eigenvalue weighted by atomic mass is 9.83. The van der Waals surface area contributed by atoms with Crippen LogP contribution in [0.25, 0.3) is 0 Å². The van der Waals surface area contributed by atoms with Crippen LogP contribution >= 0.6 is 0 Å². The van der Waals surface area contributed by atoms with Crippen LogP contribution in [-0.2, 0) is 10.2 Å². The molecule has 0 radical (unpaired) electrons. The van der Waals surface area contributed by atoms with Crippen molar-refractivity contribution in [2.75, 3.05) is 11.9 Å². The first-order valence-corrected chi connectivity index (χ1v) is 7.16. The highest BCUT2D eigenvalue weighted by atomic mass is 16.1. The molecule has 1 aliphatic carbocycles. The summed E-state index contributed by atoms with van der Waals surface area (Å²) >= 11 is 0. The molecule has 1 aromatic rings. The molecule has 0 spiro atoms. The SMILES string of the molecule is CN1C(=CC=C2C=CC(=O)C=C2)C(C)(C)c2ccccc21. The second-order valence-corrected chi connectivity index (χ2v) is 5.99. The van der Waals surface area contributed by atoms with Crippen LogP contribution in [0.3, 0.4) is 0 Å². The van der Waals surface area contributed by atoms with Gasteiger partial charge in [0.2, 0.25) is 0 Å². The van der Waals surface area contributed by atoms with Gasteiger partial charge in [-0.3, -0.25) is 4.79 Å². The Kier molecular flexibility index (Phi) is 3.17. The van der Waals surface area contributed by atoms with Gasteiger partial charge in [0.25, 0.3) is 0 Å². The highest BCUT2D eigenvalue weighted by Crippen LogP contribution is 2.46. The van der Waals surface area contributed by atoms with E-state index >= 15 is 0 Å². The molecule has 0 saturated heterocycles. The number of hydrogen-bond donors (Lipinski definition) is 0. The third-order valence-corrected chi connectivity index (χ3v) is 4.25. The molecule has 0 amide bonds. The number of para-hydroxylation sites is 1. The van der Waals surface area contributed by atoms with Crippen LogP contribution in [0.4, 0.5) is 5.69 Å². The zero-order valence-corrected chi connectivity index (χ0v) is 12.6. The van der Waals surface area contributed by atoms with Gasteiger partial charge in [0, 0.05) is 23.8 Å². The maximum absolute atomic E-state index is 11.1. The molecule has 21 heavy (non-hydrogen) atoms. The Morgan fingerprint density at radius 1 is 1.00 bits per heavy atom. The summed E-state index contributed by atoms with van der Waals surface area (Å²) in [4.78, 5) is 13.4. The van der Waals surface area contributed by atoms with Crippen molar-refractivity contribution in [1.82, 2.24) is 0 Å². The number of hydrogen-bond acceptors (Lipinski definition) is 2. The lowest BCUT2D eigenvalue weighted by molar-refractivity contribution is -0.110. The van der Waals surface area contributed by atoms with E-state index in [4.69, 9.17) is 0 Å². The first-order chi connectivity index (χ1) is 10.00. The van der Waals surface area contributed by atoms with E-state index in [-0.39, 0.29) is 11.2 Å². The Labute approximate surface area is 125 Å². The number of carbonyl (C=O) groups is 1. The Morgan fingerprint density at radius 3 is 2.33 bits per heavy atom. The summed E-state index contributed by atoms with van der Waals surface area (Å²) < 4.78 is 0. The van der Waals surface area contributed by atoms with Crippen molar-refractivity contribution in [3.63, 3.8) is 0 Å². The quantitative estimate of drug-likeness (QED) is 0.775. The van der Waals surface area contributed by atoms with Crippen LogP contribution in [0, 0.1) is 0 Å². The Hall–Kier alpha value is -2.35. The van der Waals surface area contributed by atoms with Crippen molar-refractivity contribution in [3.8, 4) is 0 Å². The van der Waals surface area contributed by atoms with Gasteiger partial charge in [-0.2, -0.15) is 0 Å². The summed E-state index contributed by atoms with van der Waals surface area (Å²) in [5.41, 5.74) is 4.90. The van der Waals surface area contributed by atoms with E-state index in [1.165, 1.54) is 16.9 Å². The smallest absolute Gasteiger partial charge is 0.178 e. The van der Waals surface area contributed by atoms with Crippen LogP contribution in [-0.4, -0.2) is 12.8 Å². The van der Waals surface area contributed by atoms with Gasteiger partial charge in [-0.25, -0.2) is 0 Å². The molecular weight excluding hydrogens is 258 g/mol. The second-order valence-electron chi connectivity index (χ2n) is 5.99. The van der Waals surface area contributed by atoms with E-state index in [1.807, 2.05) is 12.2 Å². The van der Waals surface area contributed by atoms with Gasteiger partial charge < -0.3 is 4.90 Å². The van der Waals surface area contributed by atoms with E-state index in [0.29, 0.717) is 0 Å². The van der Waals surface area contributed by atoms with Crippen LogP contribution in [0.1, 0.15) is 19.4 Å². The van der Waals surface area contributed by atoms with Crippen LogP contribution in [0.15, 0.2) is 72.0 Å². The minimum atomic E-state index is -0.0136. The molecule has 3 rings (SSSR count). The molecule has 2 heteroatoms. The zero-order chi connectivity index (χ0) is 15.0. The standard InChI is InChI=1S/C19H19NO/c1-19(2)16-6-4-5-7-17(16)20(3)18(19)13-10-14-8-11-15(21)12-9-14/h4-13H,1-3H3. The highest BCUT2D eigenvalue weighted by molar-refractivity contribution is 6.01. The van der Waals surface area contributed by atoms with E-state index in [1.54, 1.807) is 12.2 Å². The topological polar surface area (TPSA) is 20.3 Å². The molecule has 0 bridgehead atoms. The molecule has 0 N–H and O–H groups in total. The van der Waals surface area contributed by atoms with Gasteiger partial charge in [-0.05, 0) is 35.4 Å².